The van der Waals surface area contributed by atoms with Crippen molar-refractivity contribution in [3.8, 4) is 0 Å². The summed E-state index contributed by atoms with van der Waals surface area (Å²) in [4.78, 5) is 24.4. The van der Waals surface area contributed by atoms with Crippen molar-refractivity contribution in [3.63, 3.8) is 0 Å². The van der Waals surface area contributed by atoms with E-state index in [-0.39, 0.29) is 18.6 Å². The van der Waals surface area contributed by atoms with E-state index in [2.05, 4.69) is 11.9 Å². The van der Waals surface area contributed by atoms with Crippen molar-refractivity contribution in [3.05, 3.63) is 60.2 Å². The number of hydrogen-bond acceptors (Lipinski definition) is 3. The normalized spacial score (nSPS) is 16.1. The van der Waals surface area contributed by atoms with Crippen LogP contribution in [-0.4, -0.2) is 24.5 Å². The van der Waals surface area contributed by atoms with Crippen LogP contribution in [0.2, 0.25) is 0 Å². The SMILES string of the molecule is C=CCOC(=O)C(Cc1cc(F)cc(F)c1)NC(=O)/C=C/C1CCCCC1. The lowest BCUT2D eigenvalue weighted by Gasteiger charge is -2.19. The van der Waals surface area contributed by atoms with Gasteiger partial charge in [0.05, 0.1) is 0 Å². The van der Waals surface area contributed by atoms with Crippen molar-refractivity contribution in [2.75, 3.05) is 6.61 Å². The van der Waals surface area contributed by atoms with Gasteiger partial charge in [0.25, 0.3) is 0 Å². The molecule has 2 rings (SSSR count). The number of hydrogen-bond donors (Lipinski definition) is 1. The molecule has 146 valence electrons. The topological polar surface area (TPSA) is 55.4 Å². The van der Waals surface area contributed by atoms with Gasteiger partial charge < -0.3 is 10.1 Å². The van der Waals surface area contributed by atoms with Gasteiger partial charge in [-0.15, -0.1) is 0 Å². The van der Waals surface area contributed by atoms with Gasteiger partial charge in [0, 0.05) is 12.5 Å². The third kappa shape index (κ3) is 7.33. The number of amides is 1. The van der Waals surface area contributed by atoms with Crippen molar-refractivity contribution in [2.24, 2.45) is 5.92 Å². The van der Waals surface area contributed by atoms with Crippen LogP contribution >= 0.6 is 0 Å². The molecule has 0 aromatic heterocycles. The Kier molecular flexibility index (Phi) is 8.17. The van der Waals surface area contributed by atoms with Gasteiger partial charge in [-0.1, -0.05) is 38.0 Å². The molecule has 0 spiro atoms. The Labute approximate surface area is 158 Å². The van der Waals surface area contributed by atoms with E-state index in [4.69, 9.17) is 4.74 Å². The molecule has 1 atom stereocenters. The molecule has 1 amide bonds. The monoisotopic (exact) mass is 377 g/mol. The van der Waals surface area contributed by atoms with E-state index < -0.39 is 29.6 Å². The minimum atomic E-state index is -1.05. The van der Waals surface area contributed by atoms with Crippen molar-refractivity contribution in [1.29, 1.82) is 0 Å². The van der Waals surface area contributed by atoms with Gasteiger partial charge in [0.2, 0.25) is 5.91 Å². The van der Waals surface area contributed by atoms with Crippen molar-refractivity contribution in [1.82, 2.24) is 5.32 Å². The van der Waals surface area contributed by atoms with Crippen LogP contribution in [0.4, 0.5) is 8.78 Å². The molecule has 1 saturated carbocycles. The van der Waals surface area contributed by atoms with Gasteiger partial charge in [-0.3, -0.25) is 4.79 Å². The summed E-state index contributed by atoms with van der Waals surface area (Å²) < 4.78 is 31.8. The minimum Gasteiger partial charge on any atom is -0.460 e. The minimum absolute atomic E-state index is 0.0133. The molecular formula is C21H25F2NO3. The standard InChI is InChI=1S/C21H25F2NO3/c1-2-10-27-21(26)19(13-16-11-17(22)14-18(23)12-16)24-20(25)9-8-15-6-4-3-5-7-15/h2,8-9,11-12,14-15,19H,1,3-7,10,13H2,(H,24,25)/b9-8+. The van der Waals surface area contributed by atoms with Crippen LogP contribution in [-0.2, 0) is 20.7 Å². The first kappa shape index (κ1) is 20.8. The third-order valence-corrected chi connectivity index (χ3v) is 4.48. The Hall–Kier alpha value is -2.50. The molecule has 1 N–H and O–H groups in total. The van der Waals surface area contributed by atoms with E-state index in [0.29, 0.717) is 5.92 Å². The Balaban J connectivity index is 2.04. The molecule has 1 aromatic carbocycles. The molecule has 0 heterocycles. The number of rotatable bonds is 8. The lowest BCUT2D eigenvalue weighted by molar-refractivity contribution is -0.146. The summed E-state index contributed by atoms with van der Waals surface area (Å²) in [7, 11) is 0. The number of allylic oxidation sites excluding steroid dienone is 1. The number of carbonyl (C=O) groups is 2. The summed E-state index contributed by atoms with van der Waals surface area (Å²) in [6, 6.07) is 1.96. The Morgan fingerprint density at radius 2 is 1.85 bits per heavy atom. The number of carbonyl (C=O) groups excluding carboxylic acids is 2. The Bertz CT molecular complexity index is 676. The molecule has 1 aromatic rings. The van der Waals surface area contributed by atoms with Gasteiger partial charge >= 0.3 is 5.97 Å². The number of benzene rings is 1. The molecule has 1 fully saturated rings. The van der Waals surface area contributed by atoms with Crippen LogP contribution in [0.5, 0.6) is 0 Å². The van der Waals surface area contributed by atoms with Gasteiger partial charge in [-0.05, 0) is 42.5 Å². The van der Waals surface area contributed by atoms with Crippen molar-refractivity contribution >= 4 is 11.9 Å². The zero-order valence-corrected chi connectivity index (χ0v) is 15.3. The number of halogens is 2. The fourth-order valence-electron chi connectivity index (χ4n) is 3.17. The predicted octanol–water partition coefficient (Wildman–Crippen LogP) is 3.86. The van der Waals surface area contributed by atoms with Gasteiger partial charge in [-0.25, -0.2) is 13.6 Å². The highest BCUT2D eigenvalue weighted by Crippen LogP contribution is 2.24. The first-order valence-electron chi connectivity index (χ1n) is 9.19. The lowest BCUT2D eigenvalue weighted by Crippen LogP contribution is -2.42. The number of esters is 1. The zero-order valence-electron chi connectivity index (χ0n) is 15.3. The van der Waals surface area contributed by atoms with Crippen LogP contribution in [0.3, 0.4) is 0 Å². The summed E-state index contributed by atoms with van der Waals surface area (Å²) >= 11 is 0. The highest BCUT2D eigenvalue weighted by molar-refractivity contribution is 5.91. The van der Waals surface area contributed by atoms with E-state index in [1.54, 1.807) is 0 Å². The van der Waals surface area contributed by atoms with Crippen molar-refractivity contribution in [2.45, 2.75) is 44.6 Å². The van der Waals surface area contributed by atoms with E-state index in [0.717, 1.165) is 43.9 Å². The first-order valence-corrected chi connectivity index (χ1v) is 9.19. The van der Waals surface area contributed by atoms with E-state index in [9.17, 15) is 18.4 Å². The van der Waals surface area contributed by atoms with Crippen LogP contribution in [0.1, 0.15) is 37.7 Å². The maximum Gasteiger partial charge on any atom is 0.329 e. The zero-order chi connectivity index (χ0) is 19.6. The second-order valence-electron chi connectivity index (χ2n) is 6.72. The van der Waals surface area contributed by atoms with E-state index in [1.807, 2.05) is 6.08 Å². The number of nitrogens with one attached hydrogen (secondary N) is 1. The molecule has 27 heavy (non-hydrogen) atoms. The highest BCUT2D eigenvalue weighted by atomic mass is 19.1. The second kappa shape index (κ2) is 10.6. The quantitative estimate of drug-likeness (QED) is 0.425. The van der Waals surface area contributed by atoms with Crippen molar-refractivity contribution < 1.29 is 23.1 Å². The first-order chi connectivity index (χ1) is 13.0. The Morgan fingerprint density at radius 1 is 1.19 bits per heavy atom. The molecule has 1 aliphatic carbocycles. The van der Waals surface area contributed by atoms with Crippen LogP contribution in [0.15, 0.2) is 43.0 Å². The summed E-state index contributed by atoms with van der Waals surface area (Å²) in [6.07, 6.45) is 10.2. The molecule has 1 aliphatic rings. The smallest absolute Gasteiger partial charge is 0.329 e. The van der Waals surface area contributed by atoms with Crippen LogP contribution in [0, 0.1) is 17.6 Å². The van der Waals surface area contributed by atoms with Gasteiger partial charge in [0.15, 0.2) is 0 Å². The Morgan fingerprint density at radius 3 is 2.48 bits per heavy atom. The molecule has 0 aliphatic heterocycles. The third-order valence-electron chi connectivity index (χ3n) is 4.48. The van der Waals surface area contributed by atoms with Crippen LogP contribution < -0.4 is 5.32 Å². The van der Waals surface area contributed by atoms with E-state index >= 15 is 0 Å². The predicted molar refractivity (Wildman–Crippen MR) is 98.9 cm³/mol. The lowest BCUT2D eigenvalue weighted by atomic mass is 9.89. The maximum absolute atomic E-state index is 13.4. The fraction of sp³-hybridized carbons (Fsp3) is 0.429. The maximum atomic E-state index is 13.4. The summed E-state index contributed by atoms with van der Waals surface area (Å²) in [5.74, 6) is -2.23. The summed E-state index contributed by atoms with van der Waals surface area (Å²) in [6.45, 7) is 3.45. The average molecular weight is 377 g/mol. The molecule has 0 saturated heterocycles. The van der Waals surface area contributed by atoms with Gasteiger partial charge in [0.1, 0.15) is 24.3 Å². The largest absolute Gasteiger partial charge is 0.460 e. The van der Waals surface area contributed by atoms with Crippen LogP contribution in [0.25, 0.3) is 0 Å². The highest BCUT2D eigenvalue weighted by Gasteiger charge is 2.22. The molecular weight excluding hydrogens is 352 g/mol. The summed E-state index contributed by atoms with van der Waals surface area (Å²) in [5, 5.41) is 2.57. The molecule has 1 unspecified atom stereocenters. The summed E-state index contributed by atoms with van der Waals surface area (Å²) in [5.41, 5.74) is 0.254. The number of ether oxygens (including phenoxy) is 1. The van der Waals surface area contributed by atoms with Gasteiger partial charge in [-0.2, -0.15) is 0 Å². The second-order valence-corrected chi connectivity index (χ2v) is 6.72. The molecule has 0 radical (unpaired) electrons. The van der Waals surface area contributed by atoms with E-state index in [1.165, 1.54) is 18.6 Å². The average Bonchev–Trinajstić information content (AvgIpc) is 2.64. The molecule has 6 heteroatoms. The fourth-order valence-corrected chi connectivity index (χ4v) is 3.17. The molecule has 4 nitrogen and oxygen atoms in total. The molecule has 0 bridgehead atoms.